The summed E-state index contributed by atoms with van der Waals surface area (Å²) in [5, 5.41) is 13.3. The number of benzene rings is 1. The maximum Gasteiger partial charge on any atom is 0.419 e. The number of aromatic nitrogens is 2. The number of hydrogen-bond donors (Lipinski definition) is 1. The van der Waals surface area contributed by atoms with E-state index in [-0.39, 0.29) is 0 Å². The molecule has 0 saturated heterocycles. The number of alkyl halides is 3. The van der Waals surface area contributed by atoms with Gasteiger partial charge in [-0.25, -0.2) is 4.68 Å². The predicted octanol–water partition coefficient (Wildman–Crippen LogP) is 2.94. The first-order chi connectivity index (χ1) is 8.39. The largest absolute Gasteiger partial charge is 0.419 e. The number of hydrogen-bond acceptors (Lipinski definition) is 2. The first kappa shape index (κ1) is 12.6. The third-order valence-electron chi connectivity index (χ3n) is 2.54. The summed E-state index contributed by atoms with van der Waals surface area (Å²) in [7, 11) is 0. The lowest BCUT2D eigenvalue weighted by atomic mass is 10.1. The molecule has 1 N–H and O–H groups in total. The Balaban J connectivity index is 2.47. The van der Waals surface area contributed by atoms with E-state index >= 15 is 0 Å². The van der Waals surface area contributed by atoms with Crippen LogP contribution < -0.4 is 0 Å². The smallest absolute Gasteiger partial charge is 0.389 e. The van der Waals surface area contributed by atoms with Gasteiger partial charge in [0.25, 0.3) is 0 Å². The summed E-state index contributed by atoms with van der Waals surface area (Å²) in [6, 6.07) is 6.64. The topological polar surface area (TPSA) is 38.0 Å². The molecule has 0 aliphatic heterocycles. The Morgan fingerprint density at radius 3 is 2.50 bits per heavy atom. The van der Waals surface area contributed by atoms with Crippen LogP contribution in [0.3, 0.4) is 0 Å². The molecule has 6 heteroatoms. The van der Waals surface area contributed by atoms with Gasteiger partial charge in [-0.1, -0.05) is 18.2 Å². The number of aliphatic hydroxyl groups excluding tert-OH is 1. The molecular weight excluding hydrogens is 245 g/mol. The molecule has 1 atom stereocenters. The Morgan fingerprint density at radius 2 is 1.94 bits per heavy atom. The van der Waals surface area contributed by atoms with Crippen LogP contribution in [0.2, 0.25) is 0 Å². The molecule has 0 spiro atoms. The number of aliphatic hydroxyl groups is 1. The van der Waals surface area contributed by atoms with Crippen molar-refractivity contribution in [2.45, 2.75) is 19.2 Å². The molecule has 2 aromatic rings. The van der Waals surface area contributed by atoms with Gasteiger partial charge in [-0.2, -0.15) is 18.3 Å². The van der Waals surface area contributed by atoms with Crippen LogP contribution in [-0.4, -0.2) is 14.9 Å². The fourth-order valence-corrected chi connectivity index (χ4v) is 1.65. The lowest BCUT2D eigenvalue weighted by Gasteiger charge is -2.11. The van der Waals surface area contributed by atoms with Crippen LogP contribution in [0, 0.1) is 0 Å². The van der Waals surface area contributed by atoms with E-state index in [1.54, 1.807) is 31.2 Å². The van der Waals surface area contributed by atoms with Gasteiger partial charge in [0.15, 0.2) is 0 Å². The maximum absolute atomic E-state index is 12.5. The molecule has 18 heavy (non-hydrogen) atoms. The van der Waals surface area contributed by atoms with Crippen molar-refractivity contribution in [2.75, 3.05) is 0 Å². The van der Waals surface area contributed by atoms with Crippen molar-refractivity contribution < 1.29 is 18.3 Å². The summed E-state index contributed by atoms with van der Waals surface area (Å²) < 4.78 is 38.5. The molecule has 1 heterocycles. The quantitative estimate of drug-likeness (QED) is 0.897. The highest BCUT2D eigenvalue weighted by Gasteiger charge is 2.32. The first-order valence-corrected chi connectivity index (χ1v) is 5.29. The molecule has 0 fully saturated rings. The molecule has 0 unspecified atom stereocenters. The van der Waals surface area contributed by atoms with E-state index in [4.69, 9.17) is 0 Å². The van der Waals surface area contributed by atoms with Gasteiger partial charge in [0.2, 0.25) is 0 Å². The number of nitrogens with zero attached hydrogens (tertiary/aromatic N) is 2. The minimum Gasteiger partial charge on any atom is -0.389 e. The molecule has 2 rings (SSSR count). The Morgan fingerprint density at radius 1 is 1.28 bits per heavy atom. The van der Waals surface area contributed by atoms with E-state index in [2.05, 4.69) is 5.10 Å². The van der Waals surface area contributed by atoms with E-state index in [9.17, 15) is 18.3 Å². The van der Waals surface area contributed by atoms with E-state index in [1.807, 2.05) is 0 Å². The molecule has 1 aromatic heterocycles. The predicted molar refractivity (Wildman–Crippen MR) is 59.2 cm³/mol. The van der Waals surface area contributed by atoms with Crippen molar-refractivity contribution in [1.82, 2.24) is 9.78 Å². The van der Waals surface area contributed by atoms with Crippen LogP contribution in [0.5, 0.6) is 0 Å². The van der Waals surface area contributed by atoms with E-state index < -0.39 is 17.8 Å². The minimum atomic E-state index is -4.42. The summed E-state index contributed by atoms with van der Waals surface area (Å²) >= 11 is 0. The fraction of sp³-hybridized carbons (Fsp3) is 0.250. The van der Waals surface area contributed by atoms with E-state index in [0.717, 1.165) is 17.1 Å². The molecule has 0 saturated carbocycles. The van der Waals surface area contributed by atoms with Crippen LogP contribution in [0.1, 0.15) is 24.2 Å². The van der Waals surface area contributed by atoms with Gasteiger partial charge in [0.1, 0.15) is 0 Å². The number of para-hydroxylation sites is 1. The monoisotopic (exact) mass is 256 g/mol. The highest BCUT2D eigenvalue weighted by molar-refractivity contribution is 5.42. The van der Waals surface area contributed by atoms with Gasteiger partial charge in [-0.3, -0.25) is 0 Å². The standard InChI is InChI=1S/C12H11F3N2O/c1-8(18)10-4-2-3-5-11(10)17-7-9(6-16-17)12(13,14)15/h2-8,18H,1H3/t8-/m0/s1. The Labute approximate surface area is 101 Å². The van der Waals surface area contributed by atoms with E-state index in [0.29, 0.717) is 11.3 Å². The van der Waals surface area contributed by atoms with Crippen LogP contribution in [0.25, 0.3) is 5.69 Å². The first-order valence-electron chi connectivity index (χ1n) is 5.29. The zero-order chi connectivity index (χ0) is 13.3. The highest BCUT2D eigenvalue weighted by Crippen LogP contribution is 2.30. The van der Waals surface area contributed by atoms with Gasteiger partial charge in [-0.05, 0) is 13.0 Å². The van der Waals surface area contributed by atoms with Crippen LogP contribution in [-0.2, 0) is 6.18 Å². The van der Waals surface area contributed by atoms with Gasteiger partial charge >= 0.3 is 6.18 Å². The summed E-state index contributed by atoms with van der Waals surface area (Å²) in [5.41, 5.74) is 0.139. The molecule has 0 aliphatic carbocycles. The zero-order valence-electron chi connectivity index (χ0n) is 9.52. The second kappa shape index (κ2) is 4.45. The van der Waals surface area contributed by atoms with Gasteiger partial charge in [-0.15, -0.1) is 0 Å². The second-order valence-corrected chi connectivity index (χ2v) is 3.91. The fourth-order valence-electron chi connectivity index (χ4n) is 1.65. The number of halogens is 3. The van der Waals surface area contributed by atoms with Crippen LogP contribution >= 0.6 is 0 Å². The Hall–Kier alpha value is -1.82. The van der Waals surface area contributed by atoms with Crippen molar-refractivity contribution in [1.29, 1.82) is 0 Å². The number of rotatable bonds is 2. The lowest BCUT2D eigenvalue weighted by Crippen LogP contribution is -2.04. The molecule has 0 aliphatic rings. The van der Waals surface area contributed by atoms with Crippen molar-refractivity contribution in [3.63, 3.8) is 0 Å². The lowest BCUT2D eigenvalue weighted by molar-refractivity contribution is -0.137. The van der Waals surface area contributed by atoms with Gasteiger partial charge in [0, 0.05) is 11.8 Å². The summed E-state index contributed by atoms with van der Waals surface area (Å²) in [6.45, 7) is 1.55. The van der Waals surface area contributed by atoms with E-state index in [1.165, 1.54) is 0 Å². The van der Waals surface area contributed by atoms with Gasteiger partial charge in [0.05, 0.1) is 23.6 Å². The highest BCUT2D eigenvalue weighted by atomic mass is 19.4. The SMILES string of the molecule is C[C@H](O)c1ccccc1-n1cc(C(F)(F)F)cn1. The van der Waals surface area contributed by atoms with Crippen LogP contribution in [0.4, 0.5) is 13.2 Å². The summed E-state index contributed by atoms with van der Waals surface area (Å²) in [6.07, 6.45) is -3.53. The molecule has 3 nitrogen and oxygen atoms in total. The third kappa shape index (κ3) is 2.38. The normalized spacial score (nSPS) is 13.6. The molecule has 0 amide bonds. The van der Waals surface area contributed by atoms with Crippen molar-refractivity contribution in [3.8, 4) is 5.69 Å². The summed E-state index contributed by atoms with van der Waals surface area (Å²) in [4.78, 5) is 0. The van der Waals surface area contributed by atoms with Crippen molar-refractivity contribution in [3.05, 3.63) is 47.8 Å². The summed E-state index contributed by atoms with van der Waals surface area (Å²) in [5.74, 6) is 0. The second-order valence-electron chi connectivity index (χ2n) is 3.91. The van der Waals surface area contributed by atoms with Crippen molar-refractivity contribution in [2.24, 2.45) is 0 Å². The molecule has 1 aromatic carbocycles. The average Bonchev–Trinajstić information content (AvgIpc) is 2.77. The maximum atomic E-state index is 12.5. The average molecular weight is 256 g/mol. The van der Waals surface area contributed by atoms with Gasteiger partial charge < -0.3 is 5.11 Å². The molecular formula is C12H11F3N2O. The Bertz CT molecular complexity index is 546. The van der Waals surface area contributed by atoms with Crippen LogP contribution in [0.15, 0.2) is 36.7 Å². The molecule has 96 valence electrons. The van der Waals surface area contributed by atoms with Crippen molar-refractivity contribution >= 4 is 0 Å². The Kier molecular flexibility index (Phi) is 3.13. The molecule has 0 bridgehead atoms. The zero-order valence-corrected chi connectivity index (χ0v) is 9.52. The third-order valence-corrected chi connectivity index (χ3v) is 2.54. The molecule has 0 radical (unpaired) electrons. The minimum absolute atomic E-state index is 0.433.